The molecule has 1 N–H and O–H groups in total. The number of carbonyl (C=O) groups excluding carboxylic acids is 1. The third-order valence-corrected chi connectivity index (χ3v) is 4.43. The lowest BCUT2D eigenvalue weighted by molar-refractivity contribution is -0.128. The number of aliphatic imine (C=N–C) groups is 1. The Morgan fingerprint density at radius 1 is 1.43 bits per heavy atom. The Morgan fingerprint density at radius 3 is 2.70 bits per heavy atom. The van der Waals surface area contributed by atoms with E-state index < -0.39 is 0 Å². The molecule has 0 saturated carbocycles. The predicted octanol–water partition coefficient (Wildman–Crippen LogP) is 1.81. The van der Waals surface area contributed by atoms with E-state index in [-0.39, 0.29) is 12.5 Å². The highest BCUT2D eigenvalue weighted by Gasteiger charge is 2.18. The highest BCUT2D eigenvalue weighted by molar-refractivity contribution is 9.10. The van der Waals surface area contributed by atoms with Crippen molar-refractivity contribution in [3.63, 3.8) is 0 Å². The summed E-state index contributed by atoms with van der Waals surface area (Å²) in [6, 6.07) is 2.09. The average Bonchev–Trinajstić information content (AvgIpc) is 3.13. The monoisotopic (exact) mass is 383 g/mol. The van der Waals surface area contributed by atoms with Crippen molar-refractivity contribution in [3.05, 3.63) is 22.4 Å². The van der Waals surface area contributed by atoms with E-state index in [1.54, 1.807) is 0 Å². The molecule has 1 amide bonds. The number of carbonyl (C=O) groups is 1. The Bertz CT molecular complexity index is 563. The Balaban J connectivity index is 1.99. The zero-order chi connectivity index (χ0) is 16.8. The fraction of sp³-hybridized carbons (Fsp3) is 0.625. The van der Waals surface area contributed by atoms with Gasteiger partial charge in [-0.15, -0.1) is 0 Å². The van der Waals surface area contributed by atoms with Gasteiger partial charge in [0.1, 0.15) is 6.54 Å². The molecular weight excluding hydrogens is 358 g/mol. The standard InChI is InChI=1S/C16H26BrN5O/c1-4-18-16(19-10-15(23)22-7-5-6-8-22)21(3)12-14-9-13(17)11-20(14)2/h9,11H,4-8,10,12H2,1-3H3,(H,18,19). The highest BCUT2D eigenvalue weighted by atomic mass is 79.9. The summed E-state index contributed by atoms with van der Waals surface area (Å²) < 4.78 is 3.15. The minimum absolute atomic E-state index is 0.118. The van der Waals surface area contributed by atoms with Gasteiger partial charge in [-0.3, -0.25) is 4.79 Å². The van der Waals surface area contributed by atoms with Crippen molar-refractivity contribution in [3.8, 4) is 0 Å². The van der Waals surface area contributed by atoms with Crippen molar-refractivity contribution in [1.82, 2.24) is 19.7 Å². The second-order valence-corrected chi connectivity index (χ2v) is 6.79. The van der Waals surface area contributed by atoms with Crippen LogP contribution in [0.3, 0.4) is 0 Å². The van der Waals surface area contributed by atoms with Crippen molar-refractivity contribution in [2.75, 3.05) is 33.2 Å². The smallest absolute Gasteiger partial charge is 0.244 e. The summed E-state index contributed by atoms with van der Waals surface area (Å²) in [4.78, 5) is 20.6. The molecule has 128 valence electrons. The first-order valence-electron chi connectivity index (χ1n) is 8.09. The maximum Gasteiger partial charge on any atom is 0.244 e. The molecule has 1 fully saturated rings. The van der Waals surface area contributed by atoms with E-state index in [2.05, 4.69) is 36.9 Å². The van der Waals surface area contributed by atoms with Crippen molar-refractivity contribution < 1.29 is 4.79 Å². The normalized spacial score (nSPS) is 15.1. The van der Waals surface area contributed by atoms with Crippen molar-refractivity contribution >= 4 is 27.8 Å². The molecule has 0 aromatic carbocycles. The number of aryl methyl sites for hydroxylation is 1. The van der Waals surface area contributed by atoms with Gasteiger partial charge in [0.2, 0.25) is 5.91 Å². The molecule has 0 bridgehead atoms. The van der Waals surface area contributed by atoms with Gasteiger partial charge < -0.3 is 19.7 Å². The molecule has 0 radical (unpaired) electrons. The second kappa shape index (κ2) is 8.38. The molecule has 1 aliphatic rings. The van der Waals surface area contributed by atoms with Crippen LogP contribution in [-0.2, 0) is 18.4 Å². The maximum absolute atomic E-state index is 12.2. The van der Waals surface area contributed by atoms with E-state index in [1.165, 1.54) is 5.69 Å². The molecule has 1 aromatic rings. The fourth-order valence-electron chi connectivity index (χ4n) is 2.72. The number of hydrogen-bond acceptors (Lipinski definition) is 2. The van der Waals surface area contributed by atoms with Crippen LogP contribution < -0.4 is 5.32 Å². The lowest BCUT2D eigenvalue weighted by Gasteiger charge is -2.22. The SMILES string of the molecule is CCNC(=NCC(=O)N1CCCC1)N(C)Cc1cc(Br)cn1C. The summed E-state index contributed by atoms with van der Waals surface area (Å²) in [7, 11) is 4.01. The van der Waals surface area contributed by atoms with Crippen LogP contribution in [0.15, 0.2) is 21.7 Å². The zero-order valence-corrected chi connectivity index (χ0v) is 15.8. The number of rotatable bonds is 5. The first-order chi connectivity index (χ1) is 11.0. The molecule has 0 spiro atoms. The van der Waals surface area contributed by atoms with Gasteiger partial charge in [-0.05, 0) is 41.8 Å². The molecule has 0 unspecified atom stereocenters. The Kier molecular flexibility index (Phi) is 6.50. The number of hydrogen-bond donors (Lipinski definition) is 1. The molecule has 1 aromatic heterocycles. The van der Waals surface area contributed by atoms with E-state index >= 15 is 0 Å². The topological polar surface area (TPSA) is 52.9 Å². The molecular formula is C16H26BrN5O. The maximum atomic E-state index is 12.2. The van der Waals surface area contributed by atoms with Crippen LogP contribution in [0.4, 0.5) is 0 Å². The largest absolute Gasteiger partial charge is 0.357 e. The van der Waals surface area contributed by atoms with Gasteiger partial charge in [0, 0.05) is 50.1 Å². The minimum Gasteiger partial charge on any atom is -0.357 e. The van der Waals surface area contributed by atoms with Crippen LogP contribution >= 0.6 is 15.9 Å². The molecule has 6 nitrogen and oxygen atoms in total. The molecule has 0 atom stereocenters. The first-order valence-corrected chi connectivity index (χ1v) is 8.88. The van der Waals surface area contributed by atoms with E-state index in [1.807, 2.05) is 37.0 Å². The molecule has 1 saturated heterocycles. The van der Waals surface area contributed by atoms with Crippen LogP contribution in [-0.4, -0.2) is 59.5 Å². The van der Waals surface area contributed by atoms with E-state index in [0.29, 0.717) is 0 Å². The summed E-state index contributed by atoms with van der Waals surface area (Å²) >= 11 is 3.49. The quantitative estimate of drug-likeness (QED) is 0.622. The molecule has 23 heavy (non-hydrogen) atoms. The Hall–Kier alpha value is -1.50. The summed E-state index contributed by atoms with van der Waals surface area (Å²) in [5.41, 5.74) is 1.18. The molecule has 7 heteroatoms. The van der Waals surface area contributed by atoms with Crippen LogP contribution in [0, 0.1) is 0 Å². The summed E-state index contributed by atoms with van der Waals surface area (Å²) in [5, 5.41) is 3.26. The van der Waals surface area contributed by atoms with Gasteiger partial charge in [0.05, 0.1) is 6.54 Å². The summed E-state index contributed by atoms with van der Waals surface area (Å²) in [6.07, 6.45) is 4.25. The first kappa shape index (κ1) is 17.8. The minimum atomic E-state index is 0.118. The van der Waals surface area contributed by atoms with Gasteiger partial charge in [-0.2, -0.15) is 0 Å². The van der Waals surface area contributed by atoms with Gasteiger partial charge in [-0.1, -0.05) is 0 Å². The van der Waals surface area contributed by atoms with Crippen molar-refractivity contribution in [1.29, 1.82) is 0 Å². The molecule has 2 rings (SSSR count). The van der Waals surface area contributed by atoms with E-state index in [9.17, 15) is 4.79 Å². The third-order valence-electron chi connectivity index (χ3n) is 3.99. The van der Waals surface area contributed by atoms with Gasteiger partial charge in [0.15, 0.2) is 5.96 Å². The van der Waals surface area contributed by atoms with Crippen LogP contribution in [0.1, 0.15) is 25.5 Å². The van der Waals surface area contributed by atoms with Gasteiger partial charge in [0.25, 0.3) is 0 Å². The number of nitrogens with one attached hydrogen (secondary N) is 1. The summed E-state index contributed by atoms with van der Waals surface area (Å²) in [6.45, 7) is 5.49. The number of likely N-dealkylation sites (tertiary alicyclic amines) is 1. The number of amides is 1. The number of halogens is 1. The highest BCUT2D eigenvalue weighted by Crippen LogP contribution is 2.15. The van der Waals surface area contributed by atoms with Crippen LogP contribution in [0.5, 0.6) is 0 Å². The lowest BCUT2D eigenvalue weighted by atomic mass is 10.4. The van der Waals surface area contributed by atoms with Gasteiger partial charge >= 0.3 is 0 Å². The van der Waals surface area contributed by atoms with Crippen LogP contribution in [0.2, 0.25) is 0 Å². The number of aromatic nitrogens is 1. The molecule has 0 aliphatic carbocycles. The molecule has 1 aliphatic heterocycles. The number of guanidine groups is 1. The second-order valence-electron chi connectivity index (χ2n) is 5.87. The Morgan fingerprint density at radius 2 is 2.13 bits per heavy atom. The lowest BCUT2D eigenvalue weighted by Crippen LogP contribution is -2.40. The Labute approximate surface area is 146 Å². The average molecular weight is 384 g/mol. The van der Waals surface area contributed by atoms with Gasteiger partial charge in [-0.25, -0.2) is 4.99 Å². The van der Waals surface area contributed by atoms with Crippen molar-refractivity contribution in [2.45, 2.75) is 26.3 Å². The fourth-order valence-corrected chi connectivity index (χ4v) is 3.29. The zero-order valence-electron chi connectivity index (χ0n) is 14.2. The van der Waals surface area contributed by atoms with E-state index in [0.717, 1.165) is 49.5 Å². The van der Waals surface area contributed by atoms with Crippen molar-refractivity contribution in [2.24, 2.45) is 12.0 Å². The summed E-state index contributed by atoms with van der Waals surface area (Å²) in [5.74, 6) is 0.880. The molecule has 2 heterocycles. The van der Waals surface area contributed by atoms with E-state index in [4.69, 9.17) is 0 Å². The van der Waals surface area contributed by atoms with Crippen LogP contribution in [0.25, 0.3) is 0 Å². The number of nitrogens with zero attached hydrogens (tertiary/aromatic N) is 4. The third kappa shape index (κ3) is 4.99. The predicted molar refractivity (Wildman–Crippen MR) is 96.4 cm³/mol.